The van der Waals surface area contributed by atoms with E-state index in [2.05, 4.69) is 15.6 Å². The van der Waals surface area contributed by atoms with Crippen molar-refractivity contribution in [3.63, 3.8) is 0 Å². The van der Waals surface area contributed by atoms with Crippen LogP contribution in [0.1, 0.15) is 10.4 Å². The molecule has 166 valence electrons. The molecular weight excluding hydrogens is 481 g/mol. The lowest BCUT2D eigenvalue weighted by Crippen LogP contribution is -2.13. The van der Waals surface area contributed by atoms with Crippen molar-refractivity contribution in [2.45, 2.75) is 4.90 Å². The van der Waals surface area contributed by atoms with E-state index in [1.54, 1.807) is 24.3 Å². The Labute approximate surface area is 203 Å². The van der Waals surface area contributed by atoms with Crippen molar-refractivity contribution in [2.75, 3.05) is 16.4 Å². The van der Waals surface area contributed by atoms with Crippen LogP contribution < -0.4 is 10.6 Å². The standard InChI is InChI=1S/C24H17ClFN3O2S2/c25-17-5-1-15(2-6-17)21-13-33-24(28-21)29-22(30)14-32-20-11-9-19(10-12-20)27-23(31)16-3-7-18(26)8-4-16/h1-13H,14H2,(H,27,31)(H,28,29,30). The van der Waals surface area contributed by atoms with Crippen molar-refractivity contribution in [1.29, 1.82) is 0 Å². The summed E-state index contributed by atoms with van der Waals surface area (Å²) in [4.78, 5) is 29.8. The van der Waals surface area contributed by atoms with Crippen LogP contribution in [0.25, 0.3) is 11.3 Å². The maximum Gasteiger partial charge on any atom is 0.255 e. The topological polar surface area (TPSA) is 71.1 Å². The number of nitrogens with one attached hydrogen (secondary N) is 2. The molecule has 0 atom stereocenters. The molecule has 9 heteroatoms. The molecule has 1 aromatic heterocycles. The molecule has 2 N–H and O–H groups in total. The molecule has 3 aromatic carbocycles. The van der Waals surface area contributed by atoms with Gasteiger partial charge in [-0.3, -0.25) is 9.59 Å². The maximum absolute atomic E-state index is 13.0. The van der Waals surface area contributed by atoms with Crippen LogP contribution in [0.2, 0.25) is 5.02 Å². The molecule has 0 spiro atoms. The number of benzene rings is 3. The lowest BCUT2D eigenvalue weighted by atomic mass is 10.2. The van der Waals surface area contributed by atoms with Crippen molar-refractivity contribution in [3.8, 4) is 11.3 Å². The predicted octanol–water partition coefficient (Wildman–Crippen LogP) is 6.59. The van der Waals surface area contributed by atoms with E-state index in [0.717, 1.165) is 16.2 Å². The van der Waals surface area contributed by atoms with Crippen LogP contribution in [-0.2, 0) is 4.79 Å². The number of carbonyl (C=O) groups excluding carboxylic acids is 2. The van der Waals surface area contributed by atoms with E-state index >= 15 is 0 Å². The van der Waals surface area contributed by atoms with E-state index in [4.69, 9.17) is 11.6 Å². The van der Waals surface area contributed by atoms with Gasteiger partial charge in [-0.15, -0.1) is 23.1 Å². The number of anilines is 2. The lowest BCUT2D eigenvalue weighted by Gasteiger charge is -2.07. The molecule has 0 unspecified atom stereocenters. The highest BCUT2D eigenvalue weighted by atomic mass is 35.5. The summed E-state index contributed by atoms with van der Waals surface area (Å²) >= 11 is 8.65. The molecule has 0 aliphatic heterocycles. The number of halogens is 2. The third-order valence-electron chi connectivity index (χ3n) is 4.48. The number of thioether (sulfide) groups is 1. The van der Waals surface area contributed by atoms with Crippen LogP contribution in [0, 0.1) is 5.82 Å². The molecule has 33 heavy (non-hydrogen) atoms. The molecule has 0 aliphatic carbocycles. The number of amides is 2. The molecule has 5 nitrogen and oxygen atoms in total. The summed E-state index contributed by atoms with van der Waals surface area (Å²) in [6, 6.07) is 19.8. The van der Waals surface area contributed by atoms with E-state index in [1.165, 1.54) is 47.4 Å². The number of nitrogens with zero attached hydrogens (tertiary/aromatic N) is 1. The molecule has 1 heterocycles. The van der Waals surface area contributed by atoms with Gasteiger partial charge in [0.2, 0.25) is 5.91 Å². The number of hydrogen-bond donors (Lipinski definition) is 2. The van der Waals surface area contributed by atoms with Gasteiger partial charge < -0.3 is 10.6 Å². The Morgan fingerprint density at radius 2 is 1.64 bits per heavy atom. The minimum Gasteiger partial charge on any atom is -0.322 e. The van der Waals surface area contributed by atoms with Crippen LogP contribution in [0.5, 0.6) is 0 Å². The number of hydrogen-bond acceptors (Lipinski definition) is 5. The molecule has 0 fully saturated rings. The predicted molar refractivity (Wildman–Crippen MR) is 133 cm³/mol. The average Bonchev–Trinajstić information content (AvgIpc) is 3.28. The number of carbonyl (C=O) groups is 2. The third kappa shape index (κ3) is 6.41. The van der Waals surface area contributed by atoms with Gasteiger partial charge in [-0.1, -0.05) is 23.7 Å². The van der Waals surface area contributed by atoms with Crippen LogP contribution in [0.4, 0.5) is 15.2 Å². The smallest absolute Gasteiger partial charge is 0.255 e. The first kappa shape index (κ1) is 23.0. The third-order valence-corrected chi connectivity index (χ3v) is 6.50. The molecule has 2 amide bonds. The van der Waals surface area contributed by atoms with Gasteiger partial charge in [0, 0.05) is 32.1 Å². The van der Waals surface area contributed by atoms with Crippen LogP contribution >= 0.6 is 34.7 Å². The first-order valence-corrected chi connectivity index (χ1v) is 12.0. The van der Waals surface area contributed by atoms with E-state index in [1.807, 2.05) is 29.6 Å². The molecule has 4 rings (SSSR count). The van der Waals surface area contributed by atoms with E-state index in [-0.39, 0.29) is 17.6 Å². The van der Waals surface area contributed by atoms with Gasteiger partial charge in [0.1, 0.15) is 5.82 Å². The maximum atomic E-state index is 13.0. The van der Waals surface area contributed by atoms with Gasteiger partial charge in [0.15, 0.2) is 5.13 Å². The highest BCUT2D eigenvalue weighted by molar-refractivity contribution is 8.00. The minimum absolute atomic E-state index is 0.161. The first-order chi connectivity index (χ1) is 16.0. The minimum atomic E-state index is -0.395. The lowest BCUT2D eigenvalue weighted by molar-refractivity contribution is -0.113. The second-order valence-electron chi connectivity index (χ2n) is 6.87. The van der Waals surface area contributed by atoms with Crippen molar-refractivity contribution >= 4 is 57.3 Å². The normalized spacial score (nSPS) is 10.6. The Bertz CT molecular complexity index is 1260. The molecule has 0 radical (unpaired) electrons. The zero-order valence-electron chi connectivity index (χ0n) is 17.0. The Hall–Kier alpha value is -3.20. The second kappa shape index (κ2) is 10.6. The van der Waals surface area contributed by atoms with Crippen LogP contribution in [0.15, 0.2) is 83.1 Å². The van der Waals surface area contributed by atoms with E-state index < -0.39 is 5.82 Å². The van der Waals surface area contributed by atoms with Crippen molar-refractivity contribution in [2.24, 2.45) is 0 Å². The van der Waals surface area contributed by atoms with Gasteiger partial charge in [0.25, 0.3) is 5.91 Å². The number of thiazole rings is 1. The van der Waals surface area contributed by atoms with Gasteiger partial charge in [-0.05, 0) is 60.7 Å². The molecule has 0 saturated carbocycles. The summed E-state index contributed by atoms with van der Waals surface area (Å²) < 4.78 is 13.0. The van der Waals surface area contributed by atoms with Gasteiger partial charge in [0.05, 0.1) is 11.4 Å². The molecule has 0 aliphatic rings. The zero-order chi connectivity index (χ0) is 23.2. The fourth-order valence-electron chi connectivity index (χ4n) is 2.83. The molecule has 0 saturated heterocycles. The Morgan fingerprint density at radius 3 is 2.33 bits per heavy atom. The first-order valence-electron chi connectivity index (χ1n) is 9.77. The molecule has 0 bridgehead atoms. The Balaban J connectivity index is 1.27. The summed E-state index contributed by atoms with van der Waals surface area (Å²) in [5.74, 6) is -0.660. The van der Waals surface area contributed by atoms with Crippen molar-refractivity contribution in [3.05, 3.63) is 94.6 Å². The molecule has 4 aromatic rings. The van der Waals surface area contributed by atoms with E-state index in [0.29, 0.717) is 21.4 Å². The van der Waals surface area contributed by atoms with Crippen molar-refractivity contribution in [1.82, 2.24) is 4.98 Å². The monoisotopic (exact) mass is 497 g/mol. The summed E-state index contributed by atoms with van der Waals surface area (Å²) in [6.07, 6.45) is 0. The van der Waals surface area contributed by atoms with Crippen molar-refractivity contribution < 1.29 is 14.0 Å². The molecular formula is C24H17ClFN3O2S2. The summed E-state index contributed by atoms with van der Waals surface area (Å²) in [5, 5.41) is 8.64. The Kier molecular flexibility index (Phi) is 7.39. The summed E-state index contributed by atoms with van der Waals surface area (Å²) in [6.45, 7) is 0. The highest BCUT2D eigenvalue weighted by Gasteiger charge is 2.10. The van der Waals surface area contributed by atoms with Gasteiger partial charge in [-0.25, -0.2) is 9.37 Å². The highest BCUT2D eigenvalue weighted by Crippen LogP contribution is 2.26. The van der Waals surface area contributed by atoms with Crippen LogP contribution in [-0.4, -0.2) is 22.6 Å². The summed E-state index contributed by atoms with van der Waals surface area (Å²) in [5.41, 5.74) is 2.68. The Morgan fingerprint density at radius 1 is 0.939 bits per heavy atom. The van der Waals surface area contributed by atoms with Gasteiger partial charge in [-0.2, -0.15) is 0 Å². The van der Waals surface area contributed by atoms with Gasteiger partial charge >= 0.3 is 0 Å². The number of aromatic nitrogens is 1. The largest absolute Gasteiger partial charge is 0.322 e. The van der Waals surface area contributed by atoms with Crippen LogP contribution in [0.3, 0.4) is 0 Å². The number of rotatable bonds is 7. The zero-order valence-corrected chi connectivity index (χ0v) is 19.4. The summed E-state index contributed by atoms with van der Waals surface area (Å²) in [7, 11) is 0. The second-order valence-corrected chi connectivity index (χ2v) is 9.21. The van der Waals surface area contributed by atoms with E-state index in [9.17, 15) is 14.0 Å². The SMILES string of the molecule is O=C(CSc1ccc(NC(=O)c2ccc(F)cc2)cc1)Nc1nc(-c2ccc(Cl)cc2)cs1. The fourth-order valence-corrected chi connectivity index (χ4v) is 4.39. The fraction of sp³-hybridized carbons (Fsp3) is 0.0417. The quantitative estimate of drug-likeness (QED) is 0.283. The average molecular weight is 498 g/mol.